The monoisotopic (exact) mass is 159 g/mol. The minimum absolute atomic E-state index is 0.683. The first-order chi connectivity index (χ1) is 1.91. The standard InChI is InChI=1S/CH3NO.In/c2-1-3;/h1H,(H2,2,3);/q;+1/p-1. The summed E-state index contributed by atoms with van der Waals surface area (Å²) in [5, 5.41) is 0. The summed E-state index contributed by atoms with van der Waals surface area (Å²) >= 11 is 0.822. The molecule has 0 bridgehead atoms. The molecule has 0 saturated heterocycles. The molecular weight excluding hydrogens is 157 g/mol. The van der Waals surface area contributed by atoms with Gasteiger partial charge in [-0.05, 0) is 0 Å². The van der Waals surface area contributed by atoms with E-state index < -0.39 is 0 Å². The van der Waals surface area contributed by atoms with Gasteiger partial charge in [0.25, 0.3) is 0 Å². The molecule has 0 aliphatic heterocycles. The topological polar surface area (TPSA) is 29.1 Å². The number of carbonyl (C=O) groups is 1. The predicted octanol–water partition coefficient (Wildman–Crippen LogP) is -1.18. The van der Waals surface area contributed by atoms with E-state index >= 15 is 0 Å². The van der Waals surface area contributed by atoms with Crippen molar-refractivity contribution in [3.63, 3.8) is 0 Å². The fourth-order valence-electron chi connectivity index (χ4n) is 0. The zero-order valence-corrected chi connectivity index (χ0v) is 5.36. The zero-order valence-electron chi connectivity index (χ0n) is 2.06. The van der Waals surface area contributed by atoms with Crippen molar-refractivity contribution in [1.29, 1.82) is 0 Å². The number of amides is 1. The van der Waals surface area contributed by atoms with E-state index in [1.54, 1.807) is 0 Å². The molecular formula is CH2InNO. The van der Waals surface area contributed by atoms with Crippen LogP contribution in [0.15, 0.2) is 0 Å². The molecule has 20 valence electrons. The van der Waals surface area contributed by atoms with Crippen molar-refractivity contribution >= 4 is 31.1 Å². The van der Waals surface area contributed by atoms with Crippen LogP contribution in [0.2, 0.25) is 0 Å². The van der Waals surface area contributed by atoms with Crippen LogP contribution in [0.3, 0.4) is 0 Å². The number of carbonyl (C=O) groups excluding carboxylic acids is 1. The van der Waals surface area contributed by atoms with Crippen molar-refractivity contribution in [1.82, 2.24) is 3.30 Å². The molecule has 0 atom stereocenters. The van der Waals surface area contributed by atoms with Gasteiger partial charge in [0.1, 0.15) is 0 Å². The van der Waals surface area contributed by atoms with Crippen molar-refractivity contribution < 1.29 is 4.79 Å². The molecule has 2 radical (unpaired) electrons. The molecule has 0 saturated carbocycles. The first kappa shape index (κ1) is 4.34. The Balaban J connectivity index is 2.30. The Morgan fingerprint density at radius 1 is 2.00 bits per heavy atom. The molecule has 1 N–H and O–H groups in total. The van der Waals surface area contributed by atoms with Gasteiger partial charge in [0.05, 0.1) is 0 Å². The molecule has 0 unspecified atom stereocenters. The van der Waals surface area contributed by atoms with Crippen molar-refractivity contribution in [3.05, 3.63) is 0 Å². The van der Waals surface area contributed by atoms with Gasteiger partial charge in [-0.25, -0.2) is 0 Å². The fraction of sp³-hybridized carbons (Fsp3) is 0. The van der Waals surface area contributed by atoms with Gasteiger partial charge >= 0.3 is 39.2 Å². The fourth-order valence-corrected chi connectivity index (χ4v) is 0. The number of hydrogen-bond donors (Lipinski definition) is 1. The summed E-state index contributed by atoms with van der Waals surface area (Å²) in [4.78, 5) is 9.09. The van der Waals surface area contributed by atoms with Crippen molar-refractivity contribution in [2.75, 3.05) is 0 Å². The summed E-state index contributed by atoms with van der Waals surface area (Å²) in [5.74, 6) is 0. The summed E-state index contributed by atoms with van der Waals surface area (Å²) in [5.41, 5.74) is 0. The van der Waals surface area contributed by atoms with Gasteiger partial charge in [-0.1, -0.05) is 0 Å². The van der Waals surface area contributed by atoms with Crippen LogP contribution in [0.25, 0.3) is 0 Å². The molecule has 0 aromatic carbocycles. The maximum atomic E-state index is 9.09. The summed E-state index contributed by atoms with van der Waals surface area (Å²) in [7, 11) is 0. The average Bonchev–Trinajstić information content (AvgIpc) is 1.37. The Labute approximate surface area is 39.5 Å². The van der Waals surface area contributed by atoms with Gasteiger partial charge in [-0.2, -0.15) is 0 Å². The zero-order chi connectivity index (χ0) is 3.41. The van der Waals surface area contributed by atoms with Gasteiger partial charge in [-0.15, -0.1) is 0 Å². The molecule has 1 amide bonds. The van der Waals surface area contributed by atoms with Crippen LogP contribution in [0.4, 0.5) is 0 Å². The molecule has 0 rings (SSSR count). The van der Waals surface area contributed by atoms with E-state index in [2.05, 4.69) is 3.30 Å². The maximum absolute atomic E-state index is 9.09. The molecule has 0 aliphatic carbocycles. The minimum atomic E-state index is 0.683. The molecule has 0 spiro atoms. The third-order valence-electron chi connectivity index (χ3n) is 0.0680. The normalized spacial score (nSPS) is 5.00. The second-order valence-corrected chi connectivity index (χ2v) is 1.24. The van der Waals surface area contributed by atoms with Crippen molar-refractivity contribution in [2.24, 2.45) is 0 Å². The summed E-state index contributed by atoms with van der Waals surface area (Å²) in [6.45, 7) is 0. The predicted molar refractivity (Wildman–Crippen MR) is 15.0 cm³/mol. The van der Waals surface area contributed by atoms with Crippen LogP contribution >= 0.6 is 0 Å². The van der Waals surface area contributed by atoms with Gasteiger partial charge in [0.15, 0.2) is 0 Å². The Bertz CT molecular complexity index is 22.0. The second kappa shape index (κ2) is 3.34. The molecule has 4 heavy (non-hydrogen) atoms. The van der Waals surface area contributed by atoms with Crippen LogP contribution in [-0.4, -0.2) is 31.1 Å². The van der Waals surface area contributed by atoms with Crippen LogP contribution in [0, 0.1) is 0 Å². The summed E-state index contributed by atoms with van der Waals surface area (Å²) in [6, 6.07) is 0. The van der Waals surface area contributed by atoms with Gasteiger partial charge in [0.2, 0.25) is 0 Å². The molecule has 0 aliphatic rings. The number of nitrogens with one attached hydrogen (secondary N) is 1. The molecule has 0 heterocycles. The number of rotatable bonds is 1. The van der Waals surface area contributed by atoms with Crippen molar-refractivity contribution in [2.45, 2.75) is 0 Å². The quantitative estimate of drug-likeness (QED) is 0.479. The van der Waals surface area contributed by atoms with Crippen LogP contribution in [0.1, 0.15) is 0 Å². The first-order valence-corrected chi connectivity index (χ1v) is 2.46. The third kappa shape index (κ3) is 2.34. The second-order valence-electron chi connectivity index (χ2n) is 0.285. The average molecular weight is 159 g/mol. The Morgan fingerprint density at radius 3 is 2.25 bits per heavy atom. The molecule has 3 heteroatoms. The molecule has 2 nitrogen and oxygen atoms in total. The number of hydrogen-bond acceptors (Lipinski definition) is 1. The molecule has 0 aromatic heterocycles. The van der Waals surface area contributed by atoms with Crippen molar-refractivity contribution in [3.8, 4) is 0 Å². The Hall–Kier alpha value is 0.340. The van der Waals surface area contributed by atoms with E-state index in [9.17, 15) is 0 Å². The van der Waals surface area contributed by atoms with E-state index in [-0.39, 0.29) is 0 Å². The summed E-state index contributed by atoms with van der Waals surface area (Å²) in [6.07, 6.45) is 0.683. The molecule has 0 fully saturated rings. The third-order valence-corrected chi connectivity index (χ3v) is 0.456. The summed E-state index contributed by atoms with van der Waals surface area (Å²) < 4.78 is 2.38. The van der Waals surface area contributed by atoms with Gasteiger partial charge < -0.3 is 0 Å². The first-order valence-electron chi connectivity index (χ1n) is 0.813. The Morgan fingerprint density at radius 2 is 2.25 bits per heavy atom. The Kier molecular flexibility index (Phi) is 3.62. The molecule has 0 aromatic rings. The van der Waals surface area contributed by atoms with Gasteiger partial charge in [-0.3, -0.25) is 0 Å². The van der Waals surface area contributed by atoms with E-state index in [1.807, 2.05) is 0 Å². The van der Waals surface area contributed by atoms with Crippen LogP contribution in [-0.2, 0) is 4.79 Å². The van der Waals surface area contributed by atoms with E-state index in [1.165, 1.54) is 0 Å². The SMILES string of the molecule is O=C[NH][In]. The van der Waals surface area contributed by atoms with Crippen LogP contribution in [0.5, 0.6) is 0 Å². The van der Waals surface area contributed by atoms with E-state index in [0.29, 0.717) is 6.41 Å². The van der Waals surface area contributed by atoms with E-state index in [0.717, 1.165) is 24.7 Å². The van der Waals surface area contributed by atoms with Crippen LogP contribution < -0.4 is 3.30 Å². The van der Waals surface area contributed by atoms with Gasteiger partial charge in [0, 0.05) is 0 Å². The van der Waals surface area contributed by atoms with E-state index in [4.69, 9.17) is 4.79 Å².